The molecular formula is C17H8F6N2. The lowest BCUT2D eigenvalue weighted by molar-refractivity contribution is -0.288. The topological polar surface area (TPSA) is 47.6 Å². The number of nitrogens with zero attached hydrogens (tertiary/aromatic N) is 2. The number of benzene rings is 2. The maximum absolute atomic E-state index is 13.9. The highest BCUT2D eigenvalue weighted by Gasteiger charge is 2.73. The van der Waals surface area contributed by atoms with Crippen LogP contribution in [0, 0.1) is 22.7 Å². The van der Waals surface area contributed by atoms with Crippen LogP contribution in [0.3, 0.4) is 0 Å². The molecule has 0 amide bonds. The molecular weight excluding hydrogens is 346 g/mol. The summed E-state index contributed by atoms with van der Waals surface area (Å²) >= 11 is 0. The van der Waals surface area contributed by atoms with E-state index in [1.807, 2.05) is 0 Å². The zero-order chi connectivity index (χ0) is 18.9. The van der Waals surface area contributed by atoms with Crippen molar-refractivity contribution in [2.24, 2.45) is 0 Å². The highest BCUT2D eigenvalue weighted by atomic mass is 19.4. The first kappa shape index (κ1) is 18.3. The zero-order valence-electron chi connectivity index (χ0n) is 12.3. The Hall–Kier alpha value is -3.00. The summed E-state index contributed by atoms with van der Waals surface area (Å²) in [5, 5.41) is 18.1. The van der Waals surface area contributed by atoms with Crippen LogP contribution in [0.5, 0.6) is 0 Å². The van der Waals surface area contributed by atoms with Gasteiger partial charge in [-0.2, -0.15) is 36.9 Å². The number of hydrogen-bond donors (Lipinski definition) is 0. The Kier molecular flexibility index (Phi) is 4.50. The molecule has 0 bridgehead atoms. The van der Waals surface area contributed by atoms with Gasteiger partial charge in [-0.15, -0.1) is 0 Å². The first-order valence-corrected chi connectivity index (χ1v) is 6.74. The number of hydrogen-bond acceptors (Lipinski definition) is 2. The van der Waals surface area contributed by atoms with Gasteiger partial charge in [0.05, 0.1) is 23.3 Å². The molecule has 0 aliphatic heterocycles. The van der Waals surface area contributed by atoms with E-state index in [1.165, 1.54) is 12.1 Å². The molecule has 0 atom stereocenters. The summed E-state index contributed by atoms with van der Waals surface area (Å²) in [6.07, 6.45) is -11.7. The van der Waals surface area contributed by atoms with Crippen LogP contribution in [0.25, 0.3) is 0 Å². The minimum absolute atomic E-state index is 0.605. The molecule has 25 heavy (non-hydrogen) atoms. The van der Waals surface area contributed by atoms with Crippen molar-refractivity contribution in [1.29, 1.82) is 10.5 Å². The van der Waals surface area contributed by atoms with Crippen molar-refractivity contribution in [1.82, 2.24) is 0 Å². The molecule has 0 aliphatic rings. The zero-order valence-corrected chi connectivity index (χ0v) is 12.3. The van der Waals surface area contributed by atoms with Crippen LogP contribution in [0.1, 0.15) is 22.3 Å². The van der Waals surface area contributed by atoms with Gasteiger partial charge < -0.3 is 0 Å². The first-order valence-electron chi connectivity index (χ1n) is 6.74. The highest BCUT2D eigenvalue weighted by Crippen LogP contribution is 2.57. The van der Waals surface area contributed by atoms with Crippen molar-refractivity contribution in [2.45, 2.75) is 17.8 Å². The lowest BCUT2D eigenvalue weighted by Gasteiger charge is -2.39. The molecule has 128 valence electrons. The van der Waals surface area contributed by atoms with Gasteiger partial charge >= 0.3 is 12.4 Å². The van der Waals surface area contributed by atoms with E-state index in [9.17, 15) is 26.3 Å². The van der Waals surface area contributed by atoms with E-state index < -0.39 is 40.0 Å². The van der Waals surface area contributed by atoms with Gasteiger partial charge in [0.2, 0.25) is 5.41 Å². The van der Waals surface area contributed by atoms with Gasteiger partial charge in [0.25, 0.3) is 0 Å². The molecule has 0 aromatic heterocycles. The van der Waals surface area contributed by atoms with Crippen LogP contribution in [0.4, 0.5) is 26.3 Å². The van der Waals surface area contributed by atoms with Gasteiger partial charge in [-0.05, 0) is 23.3 Å². The summed E-state index contributed by atoms with van der Waals surface area (Å²) in [6, 6.07) is 9.98. The van der Waals surface area contributed by atoms with E-state index in [0.29, 0.717) is 12.1 Å². The number of alkyl halides is 6. The second-order valence-corrected chi connectivity index (χ2v) is 5.06. The average molecular weight is 354 g/mol. The maximum atomic E-state index is 13.9. The summed E-state index contributed by atoms with van der Waals surface area (Å²) in [4.78, 5) is 0. The Labute approximate surface area is 138 Å². The molecule has 0 saturated carbocycles. The fourth-order valence-electron chi connectivity index (χ4n) is 2.73. The highest BCUT2D eigenvalue weighted by molar-refractivity contribution is 5.56. The Morgan fingerprint density at radius 3 is 1.20 bits per heavy atom. The van der Waals surface area contributed by atoms with E-state index in [2.05, 4.69) is 0 Å². The Bertz CT molecular complexity index is 795. The normalized spacial score (nSPS) is 12.3. The fraction of sp³-hybridized carbons (Fsp3) is 0.176. The molecule has 0 radical (unpaired) electrons. The van der Waals surface area contributed by atoms with Crippen LogP contribution in [0.15, 0.2) is 48.5 Å². The molecule has 0 saturated heterocycles. The lowest BCUT2D eigenvalue weighted by atomic mass is 9.70. The van der Waals surface area contributed by atoms with Gasteiger partial charge in [0.1, 0.15) is 0 Å². The first-order chi connectivity index (χ1) is 11.6. The van der Waals surface area contributed by atoms with E-state index >= 15 is 0 Å². The molecule has 0 spiro atoms. The lowest BCUT2D eigenvalue weighted by Crippen LogP contribution is -2.55. The Balaban J connectivity index is 3.11. The molecule has 0 fully saturated rings. The molecule has 2 aromatic rings. The van der Waals surface area contributed by atoms with E-state index in [4.69, 9.17) is 10.5 Å². The van der Waals surface area contributed by atoms with Crippen LogP contribution in [-0.4, -0.2) is 12.4 Å². The van der Waals surface area contributed by atoms with Gasteiger partial charge in [0.15, 0.2) is 0 Å². The number of nitriles is 2. The molecule has 0 N–H and O–H groups in total. The van der Waals surface area contributed by atoms with Gasteiger partial charge in [-0.1, -0.05) is 36.4 Å². The van der Waals surface area contributed by atoms with Crippen molar-refractivity contribution in [3.8, 4) is 12.1 Å². The van der Waals surface area contributed by atoms with E-state index in [1.54, 1.807) is 0 Å². The van der Waals surface area contributed by atoms with Gasteiger partial charge in [-0.3, -0.25) is 0 Å². The van der Waals surface area contributed by atoms with E-state index in [0.717, 1.165) is 36.4 Å². The third kappa shape index (κ3) is 2.70. The van der Waals surface area contributed by atoms with Gasteiger partial charge in [0, 0.05) is 0 Å². The summed E-state index contributed by atoms with van der Waals surface area (Å²) < 4.78 is 83.6. The third-order valence-electron chi connectivity index (χ3n) is 3.75. The standard InChI is InChI=1S/C17H8F6N2/c18-16(19,20)15(17(21,22)23,13-7-3-1-5-11(13)9-24)14-8-4-2-6-12(14)10-25/h1-8H. The molecule has 2 aromatic carbocycles. The van der Waals surface area contributed by atoms with E-state index in [-0.39, 0.29) is 0 Å². The summed E-state index contributed by atoms with van der Waals surface area (Å²) in [6.45, 7) is 0. The summed E-state index contributed by atoms with van der Waals surface area (Å²) in [5.41, 5.74) is -8.58. The smallest absolute Gasteiger partial charge is 0.192 e. The predicted octanol–water partition coefficient (Wildman–Crippen LogP) is 4.84. The molecule has 8 heteroatoms. The number of rotatable bonds is 2. The predicted molar refractivity (Wildman–Crippen MR) is 75.2 cm³/mol. The van der Waals surface area contributed by atoms with Crippen molar-refractivity contribution in [3.63, 3.8) is 0 Å². The van der Waals surface area contributed by atoms with Crippen molar-refractivity contribution < 1.29 is 26.3 Å². The quantitative estimate of drug-likeness (QED) is 0.725. The SMILES string of the molecule is N#Cc1ccccc1C(c1ccccc1C#N)(C(F)(F)F)C(F)(F)F. The van der Waals surface area contributed by atoms with Crippen molar-refractivity contribution in [2.75, 3.05) is 0 Å². The van der Waals surface area contributed by atoms with Crippen LogP contribution < -0.4 is 0 Å². The summed E-state index contributed by atoms with van der Waals surface area (Å²) in [7, 11) is 0. The Morgan fingerprint density at radius 1 is 0.600 bits per heavy atom. The van der Waals surface area contributed by atoms with Crippen molar-refractivity contribution >= 4 is 0 Å². The molecule has 2 rings (SSSR count). The second-order valence-electron chi connectivity index (χ2n) is 5.06. The molecule has 0 aliphatic carbocycles. The monoisotopic (exact) mass is 354 g/mol. The van der Waals surface area contributed by atoms with Crippen LogP contribution in [0.2, 0.25) is 0 Å². The van der Waals surface area contributed by atoms with Gasteiger partial charge in [-0.25, -0.2) is 0 Å². The second kappa shape index (κ2) is 6.14. The van der Waals surface area contributed by atoms with Crippen LogP contribution >= 0.6 is 0 Å². The third-order valence-corrected chi connectivity index (χ3v) is 3.75. The minimum Gasteiger partial charge on any atom is -0.192 e. The minimum atomic E-state index is -5.84. The fourth-order valence-corrected chi connectivity index (χ4v) is 2.73. The molecule has 2 nitrogen and oxygen atoms in total. The molecule has 0 heterocycles. The van der Waals surface area contributed by atoms with Crippen LogP contribution in [-0.2, 0) is 5.41 Å². The molecule has 0 unspecified atom stereocenters. The maximum Gasteiger partial charge on any atom is 0.411 e. The number of halogens is 6. The largest absolute Gasteiger partial charge is 0.411 e. The summed E-state index contributed by atoms with van der Waals surface area (Å²) in [5.74, 6) is 0. The van der Waals surface area contributed by atoms with Crippen molar-refractivity contribution in [3.05, 3.63) is 70.8 Å². The average Bonchev–Trinajstić information content (AvgIpc) is 2.53. The Morgan fingerprint density at radius 2 is 0.920 bits per heavy atom.